The van der Waals surface area contributed by atoms with Crippen molar-refractivity contribution >= 4 is 39.4 Å². The SMILES string of the molecule is CC1CC(C(=O)O)CN(C(=O)c2cc3c(cc2Br)NC(=O)CO3)C1. The highest BCUT2D eigenvalue weighted by Crippen LogP contribution is 2.35. The maximum absolute atomic E-state index is 12.8. The summed E-state index contributed by atoms with van der Waals surface area (Å²) in [5.41, 5.74) is 0.897. The summed E-state index contributed by atoms with van der Waals surface area (Å²) < 4.78 is 5.88. The van der Waals surface area contributed by atoms with Gasteiger partial charge in [0.1, 0.15) is 5.75 Å². The van der Waals surface area contributed by atoms with Gasteiger partial charge >= 0.3 is 5.97 Å². The number of nitrogens with zero attached hydrogens (tertiary/aromatic N) is 1. The minimum absolute atomic E-state index is 0.0932. The first kappa shape index (κ1) is 16.8. The third kappa shape index (κ3) is 3.24. The quantitative estimate of drug-likeness (QED) is 0.796. The average molecular weight is 397 g/mol. The third-order valence-electron chi connectivity index (χ3n) is 4.23. The Bertz CT molecular complexity index is 721. The molecule has 2 aliphatic rings. The van der Waals surface area contributed by atoms with Crippen LogP contribution < -0.4 is 10.1 Å². The van der Waals surface area contributed by atoms with E-state index in [2.05, 4.69) is 21.2 Å². The van der Waals surface area contributed by atoms with E-state index in [1.807, 2.05) is 6.92 Å². The maximum atomic E-state index is 12.8. The number of aliphatic carboxylic acids is 1. The molecule has 1 aromatic carbocycles. The van der Waals surface area contributed by atoms with Crippen molar-refractivity contribution in [2.75, 3.05) is 25.0 Å². The number of hydrogen-bond acceptors (Lipinski definition) is 4. The molecule has 2 atom stereocenters. The Hall–Kier alpha value is -2.09. The second kappa shape index (κ2) is 6.43. The van der Waals surface area contributed by atoms with Crippen molar-refractivity contribution in [1.82, 2.24) is 4.90 Å². The number of likely N-dealkylation sites (tertiary alicyclic amines) is 1. The van der Waals surface area contributed by atoms with Crippen LogP contribution in [0.25, 0.3) is 0 Å². The standard InChI is InChI=1S/C16H17BrN2O5/c1-8-2-9(16(22)23)6-19(5-8)15(21)10-3-13-12(4-11(10)17)18-14(20)7-24-13/h3-4,8-9H,2,5-7H2,1H3,(H,18,20)(H,22,23). The summed E-state index contributed by atoms with van der Waals surface area (Å²) in [5.74, 6) is -1.37. The Morgan fingerprint density at radius 2 is 2.12 bits per heavy atom. The molecule has 0 radical (unpaired) electrons. The van der Waals surface area contributed by atoms with Crippen molar-refractivity contribution in [1.29, 1.82) is 0 Å². The molecule has 24 heavy (non-hydrogen) atoms. The predicted molar refractivity (Wildman–Crippen MR) is 89.1 cm³/mol. The Kier molecular flexibility index (Phi) is 4.49. The Balaban J connectivity index is 1.87. The second-order valence-corrected chi connectivity index (χ2v) is 7.11. The molecule has 1 saturated heterocycles. The summed E-state index contributed by atoms with van der Waals surface area (Å²) >= 11 is 3.35. The highest BCUT2D eigenvalue weighted by Gasteiger charge is 2.33. The normalized spacial score (nSPS) is 23.1. The number of rotatable bonds is 2. The zero-order valence-corrected chi connectivity index (χ0v) is 14.6. The molecule has 0 aliphatic carbocycles. The van der Waals surface area contributed by atoms with E-state index in [9.17, 15) is 19.5 Å². The van der Waals surface area contributed by atoms with Crippen molar-refractivity contribution in [2.24, 2.45) is 11.8 Å². The number of amides is 2. The lowest BCUT2D eigenvalue weighted by Crippen LogP contribution is -2.45. The van der Waals surface area contributed by atoms with Crippen LogP contribution in [0.15, 0.2) is 16.6 Å². The lowest BCUT2D eigenvalue weighted by atomic mass is 9.90. The molecular formula is C16H17BrN2O5. The van der Waals surface area contributed by atoms with Crippen LogP contribution in [0, 0.1) is 11.8 Å². The summed E-state index contributed by atoms with van der Waals surface area (Å²) in [4.78, 5) is 37.1. The zero-order valence-electron chi connectivity index (χ0n) is 13.0. The Morgan fingerprint density at radius 1 is 1.38 bits per heavy atom. The molecule has 0 aromatic heterocycles. The number of piperidine rings is 1. The van der Waals surface area contributed by atoms with E-state index in [1.54, 1.807) is 17.0 Å². The number of carbonyl (C=O) groups excluding carboxylic acids is 2. The molecule has 0 saturated carbocycles. The molecule has 1 aromatic rings. The number of carboxylic acid groups (broad SMARTS) is 1. The fraction of sp³-hybridized carbons (Fsp3) is 0.438. The van der Waals surface area contributed by atoms with Gasteiger partial charge in [0.2, 0.25) is 0 Å². The molecule has 0 spiro atoms. The van der Waals surface area contributed by atoms with Crippen LogP contribution in [-0.4, -0.2) is 47.5 Å². The van der Waals surface area contributed by atoms with Gasteiger partial charge in [-0.3, -0.25) is 14.4 Å². The summed E-state index contributed by atoms with van der Waals surface area (Å²) in [5, 5.41) is 11.9. The van der Waals surface area contributed by atoms with Crippen LogP contribution in [0.1, 0.15) is 23.7 Å². The summed E-state index contributed by atoms with van der Waals surface area (Å²) in [6, 6.07) is 3.21. The lowest BCUT2D eigenvalue weighted by molar-refractivity contribution is -0.143. The molecule has 7 nitrogen and oxygen atoms in total. The van der Waals surface area contributed by atoms with E-state index in [0.29, 0.717) is 34.4 Å². The van der Waals surface area contributed by atoms with Crippen LogP contribution in [0.4, 0.5) is 5.69 Å². The molecule has 2 amide bonds. The molecule has 128 valence electrons. The van der Waals surface area contributed by atoms with E-state index in [1.165, 1.54) is 0 Å². The number of fused-ring (bicyclic) bond motifs is 1. The zero-order chi connectivity index (χ0) is 17.4. The molecule has 2 aliphatic heterocycles. The Morgan fingerprint density at radius 3 is 2.83 bits per heavy atom. The van der Waals surface area contributed by atoms with Gasteiger partial charge < -0.3 is 20.1 Å². The molecule has 2 unspecified atom stereocenters. The molecule has 0 bridgehead atoms. The smallest absolute Gasteiger partial charge is 0.308 e. The monoisotopic (exact) mass is 396 g/mol. The number of carbonyl (C=O) groups is 3. The lowest BCUT2D eigenvalue weighted by Gasteiger charge is -2.35. The van der Waals surface area contributed by atoms with Crippen LogP contribution in [0.3, 0.4) is 0 Å². The minimum atomic E-state index is -0.880. The molecule has 2 N–H and O–H groups in total. The van der Waals surface area contributed by atoms with E-state index in [-0.39, 0.29) is 30.9 Å². The van der Waals surface area contributed by atoms with Crippen LogP contribution >= 0.6 is 15.9 Å². The Labute approximate surface area is 147 Å². The summed E-state index contributed by atoms with van der Waals surface area (Å²) in [6.45, 7) is 2.56. The number of nitrogens with one attached hydrogen (secondary N) is 1. The van der Waals surface area contributed by atoms with Gasteiger partial charge in [0, 0.05) is 17.6 Å². The van der Waals surface area contributed by atoms with Gasteiger partial charge in [0.05, 0.1) is 17.2 Å². The van der Waals surface area contributed by atoms with Crippen molar-refractivity contribution in [3.05, 3.63) is 22.2 Å². The fourth-order valence-corrected chi connectivity index (χ4v) is 3.64. The number of benzene rings is 1. The van der Waals surface area contributed by atoms with Gasteiger partial charge in [0.15, 0.2) is 6.61 Å². The maximum Gasteiger partial charge on any atom is 0.308 e. The van der Waals surface area contributed by atoms with Gasteiger partial charge in [0.25, 0.3) is 11.8 Å². The van der Waals surface area contributed by atoms with Crippen LogP contribution in [0.2, 0.25) is 0 Å². The molecule has 2 heterocycles. The molecule has 3 rings (SSSR count). The van der Waals surface area contributed by atoms with E-state index in [4.69, 9.17) is 4.74 Å². The molecule has 1 fully saturated rings. The highest BCUT2D eigenvalue weighted by molar-refractivity contribution is 9.10. The number of halogens is 1. The average Bonchev–Trinajstić information content (AvgIpc) is 2.52. The first-order valence-electron chi connectivity index (χ1n) is 7.63. The second-order valence-electron chi connectivity index (χ2n) is 6.25. The number of carboxylic acids is 1. The van der Waals surface area contributed by atoms with Crippen molar-refractivity contribution in [3.8, 4) is 5.75 Å². The number of ether oxygens (including phenoxy) is 1. The molecule has 8 heteroatoms. The topological polar surface area (TPSA) is 95.9 Å². The highest BCUT2D eigenvalue weighted by atomic mass is 79.9. The number of anilines is 1. The van der Waals surface area contributed by atoms with Crippen molar-refractivity contribution in [3.63, 3.8) is 0 Å². The van der Waals surface area contributed by atoms with Gasteiger partial charge in [-0.15, -0.1) is 0 Å². The van der Waals surface area contributed by atoms with Gasteiger partial charge in [-0.25, -0.2) is 0 Å². The summed E-state index contributed by atoms with van der Waals surface area (Å²) in [6.07, 6.45) is 0.569. The van der Waals surface area contributed by atoms with Crippen molar-refractivity contribution in [2.45, 2.75) is 13.3 Å². The summed E-state index contributed by atoms with van der Waals surface area (Å²) in [7, 11) is 0. The van der Waals surface area contributed by atoms with E-state index < -0.39 is 11.9 Å². The minimum Gasteiger partial charge on any atom is -0.482 e. The predicted octanol–water partition coefficient (Wildman–Crippen LogP) is 1.96. The van der Waals surface area contributed by atoms with Gasteiger partial charge in [-0.2, -0.15) is 0 Å². The fourth-order valence-electron chi connectivity index (χ4n) is 3.13. The van der Waals surface area contributed by atoms with Crippen LogP contribution in [0.5, 0.6) is 5.75 Å². The largest absolute Gasteiger partial charge is 0.482 e. The van der Waals surface area contributed by atoms with Crippen molar-refractivity contribution < 1.29 is 24.2 Å². The first-order chi connectivity index (χ1) is 11.3. The molecular weight excluding hydrogens is 380 g/mol. The van der Waals surface area contributed by atoms with E-state index >= 15 is 0 Å². The number of hydrogen-bond donors (Lipinski definition) is 2. The van der Waals surface area contributed by atoms with E-state index in [0.717, 1.165) is 0 Å². The third-order valence-corrected chi connectivity index (χ3v) is 4.88. The van der Waals surface area contributed by atoms with Gasteiger partial charge in [-0.05, 0) is 40.4 Å². The van der Waals surface area contributed by atoms with Gasteiger partial charge in [-0.1, -0.05) is 6.92 Å². The first-order valence-corrected chi connectivity index (χ1v) is 8.42. The van der Waals surface area contributed by atoms with Crippen LogP contribution in [-0.2, 0) is 9.59 Å².